The van der Waals surface area contributed by atoms with Crippen molar-refractivity contribution in [3.8, 4) is 5.75 Å². The SMILES string of the molecule is CC(=O)NCCc1ccccc1Cc1ccccc1CCC(=O)N1CCNCC1Cc1ccc(OCC(N)=O)cc1. The molecule has 3 amide bonds. The first-order valence-electron chi connectivity index (χ1n) is 14.3. The summed E-state index contributed by atoms with van der Waals surface area (Å²) in [5.74, 6) is 0.233. The van der Waals surface area contributed by atoms with E-state index in [1.54, 1.807) is 0 Å². The van der Waals surface area contributed by atoms with Gasteiger partial charge in [0, 0.05) is 45.6 Å². The van der Waals surface area contributed by atoms with Gasteiger partial charge in [0.05, 0.1) is 0 Å². The van der Waals surface area contributed by atoms with Crippen LogP contribution >= 0.6 is 0 Å². The minimum absolute atomic E-state index is 0.0196. The number of nitrogens with two attached hydrogens (primary N) is 1. The number of rotatable bonds is 13. The summed E-state index contributed by atoms with van der Waals surface area (Å²) in [5.41, 5.74) is 11.1. The average molecular weight is 557 g/mol. The van der Waals surface area contributed by atoms with Crippen molar-refractivity contribution in [2.45, 2.75) is 45.1 Å². The summed E-state index contributed by atoms with van der Waals surface area (Å²) in [7, 11) is 0. The molecule has 0 aliphatic carbocycles. The molecule has 1 aliphatic heterocycles. The van der Waals surface area contributed by atoms with E-state index in [-0.39, 0.29) is 24.5 Å². The Labute approximate surface area is 242 Å². The van der Waals surface area contributed by atoms with E-state index in [0.29, 0.717) is 31.7 Å². The minimum atomic E-state index is -0.511. The lowest BCUT2D eigenvalue weighted by Crippen LogP contribution is -2.54. The third-order valence-electron chi connectivity index (χ3n) is 7.44. The molecule has 8 nitrogen and oxygen atoms in total. The zero-order valence-electron chi connectivity index (χ0n) is 23.7. The molecule has 1 heterocycles. The van der Waals surface area contributed by atoms with Crippen LogP contribution in [0.3, 0.4) is 0 Å². The quantitative estimate of drug-likeness (QED) is 0.300. The number of amides is 3. The third-order valence-corrected chi connectivity index (χ3v) is 7.44. The smallest absolute Gasteiger partial charge is 0.255 e. The lowest BCUT2D eigenvalue weighted by atomic mass is 9.93. The van der Waals surface area contributed by atoms with Gasteiger partial charge >= 0.3 is 0 Å². The lowest BCUT2D eigenvalue weighted by Gasteiger charge is -2.36. The number of aryl methyl sites for hydroxylation is 1. The number of carbonyl (C=O) groups excluding carboxylic acids is 3. The topological polar surface area (TPSA) is 114 Å². The fourth-order valence-corrected chi connectivity index (χ4v) is 5.33. The van der Waals surface area contributed by atoms with E-state index in [1.165, 1.54) is 29.2 Å². The van der Waals surface area contributed by atoms with E-state index >= 15 is 0 Å². The highest BCUT2D eigenvalue weighted by molar-refractivity contribution is 5.77. The molecule has 0 bridgehead atoms. The maximum Gasteiger partial charge on any atom is 0.255 e. The second kappa shape index (κ2) is 15.0. The Morgan fingerprint density at radius 1 is 0.927 bits per heavy atom. The van der Waals surface area contributed by atoms with Crippen molar-refractivity contribution in [2.75, 3.05) is 32.8 Å². The van der Waals surface area contributed by atoms with Crippen molar-refractivity contribution in [2.24, 2.45) is 5.73 Å². The van der Waals surface area contributed by atoms with E-state index in [4.69, 9.17) is 10.5 Å². The summed E-state index contributed by atoms with van der Waals surface area (Å²) in [4.78, 5) is 37.7. The molecule has 0 aromatic heterocycles. The van der Waals surface area contributed by atoms with Gasteiger partial charge in [0.1, 0.15) is 5.75 Å². The maximum atomic E-state index is 13.5. The monoisotopic (exact) mass is 556 g/mol. The summed E-state index contributed by atoms with van der Waals surface area (Å²) in [6.07, 6.45) is 3.45. The van der Waals surface area contributed by atoms with Crippen molar-refractivity contribution in [1.82, 2.24) is 15.5 Å². The molecule has 1 saturated heterocycles. The van der Waals surface area contributed by atoms with Crippen LogP contribution in [0.15, 0.2) is 72.8 Å². The van der Waals surface area contributed by atoms with Crippen LogP contribution in [-0.2, 0) is 40.1 Å². The summed E-state index contributed by atoms with van der Waals surface area (Å²) >= 11 is 0. The highest BCUT2D eigenvalue weighted by Crippen LogP contribution is 2.21. The van der Waals surface area contributed by atoms with Crippen molar-refractivity contribution < 1.29 is 19.1 Å². The number of carbonyl (C=O) groups is 3. The Balaban J connectivity index is 1.37. The molecule has 1 atom stereocenters. The Kier molecular flexibility index (Phi) is 10.9. The van der Waals surface area contributed by atoms with Gasteiger partial charge in [-0.2, -0.15) is 0 Å². The number of nitrogens with one attached hydrogen (secondary N) is 2. The van der Waals surface area contributed by atoms with Crippen LogP contribution in [0.5, 0.6) is 5.75 Å². The van der Waals surface area contributed by atoms with Crippen LogP contribution < -0.4 is 21.1 Å². The maximum absolute atomic E-state index is 13.5. The summed E-state index contributed by atoms with van der Waals surface area (Å²) in [6.45, 7) is 4.22. The van der Waals surface area contributed by atoms with E-state index in [9.17, 15) is 14.4 Å². The molecular formula is C33H40N4O4. The van der Waals surface area contributed by atoms with Crippen LogP contribution in [0.25, 0.3) is 0 Å². The first kappa shape index (κ1) is 29.8. The third kappa shape index (κ3) is 9.18. The van der Waals surface area contributed by atoms with Gasteiger partial charge in [0.25, 0.3) is 5.91 Å². The Bertz CT molecular complexity index is 1320. The van der Waals surface area contributed by atoms with Gasteiger partial charge < -0.3 is 26.0 Å². The van der Waals surface area contributed by atoms with Gasteiger partial charge in [-0.1, -0.05) is 60.7 Å². The van der Waals surface area contributed by atoms with Gasteiger partial charge in [-0.05, 0) is 65.6 Å². The minimum Gasteiger partial charge on any atom is -0.484 e. The van der Waals surface area contributed by atoms with Gasteiger partial charge in [0.2, 0.25) is 11.8 Å². The van der Waals surface area contributed by atoms with Crippen LogP contribution in [0.4, 0.5) is 0 Å². The molecule has 216 valence electrons. The molecule has 1 unspecified atom stereocenters. The van der Waals surface area contributed by atoms with Crippen LogP contribution in [-0.4, -0.2) is 61.4 Å². The largest absolute Gasteiger partial charge is 0.484 e. The second-order valence-electron chi connectivity index (χ2n) is 10.5. The van der Waals surface area contributed by atoms with Crippen LogP contribution in [0.1, 0.15) is 41.2 Å². The average Bonchev–Trinajstić information content (AvgIpc) is 2.97. The molecule has 3 aromatic carbocycles. The zero-order valence-corrected chi connectivity index (χ0v) is 23.7. The molecule has 0 spiro atoms. The molecule has 4 rings (SSSR count). The number of nitrogens with zero attached hydrogens (tertiary/aromatic N) is 1. The van der Waals surface area contributed by atoms with Gasteiger partial charge in [-0.25, -0.2) is 0 Å². The van der Waals surface area contributed by atoms with Gasteiger partial charge in [0.15, 0.2) is 6.61 Å². The van der Waals surface area contributed by atoms with E-state index < -0.39 is 5.91 Å². The molecule has 0 radical (unpaired) electrons. The predicted molar refractivity (Wildman–Crippen MR) is 160 cm³/mol. The van der Waals surface area contributed by atoms with Crippen LogP contribution in [0.2, 0.25) is 0 Å². The van der Waals surface area contributed by atoms with Gasteiger partial charge in [-0.15, -0.1) is 0 Å². The van der Waals surface area contributed by atoms with E-state index in [1.807, 2.05) is 41.3 Å². The van der Waals surface area contributed by atoms with Crippen LogP contribution in [0, 0.1) is 0 Å². The van der Waals surface area contributed by atoms with Gasteiger partial charge in [-0.3, -0.25) is 14.4 Å². The number of benzene rings is 3. The fourth-order valence-electron chi connectivity index (χ4n) is 5.33. The highest BCUT2D eigenvalue weighted by Gasteiger charge is 2.26. The van der Waals surface area contributed by atoms with E-state index in [0.717, 1.165) is 37.9 Å². The molecule has 3 aromatic rings. The molecule has 0 saturated carbocycles. The van der Waals surface area contributed by atoms with Crippen molar-refractivity contribution in [3.05, 3.63) is 101 Å². The molecule has 1 aliphatic rings. The summed E-state index contributed by atoms with van der Waals surface area (Å²) in [5, 5.41) is 6.31. The highest BCUT2D eigenvalue weighted by atomic mass is 16.5. The second-order valence-corrected chi connectivity index (χ2v) is 10.5. The number of piperazine rings is 1. The first-order valence-corrected chi connectivity index (χ1v) is 14.3. The normalized spacial score (nSPS) is 14.9. The fraction of sp³-hybridized carbons (Fsp3) is 0.364. The lowest BCUT2D eigenvalue weighted by molar-refractivity contribution is -0.134. The first-order chi connectivity index (χ1) is 19.9. The van der Waals surface area contributed by atoms with Crippen molar-refractivity contribution in [3.63, 3.8) is 0 Å². The summed E-state index contributed by atoms with van der Waals surface area (Å²) < 4.78 is 5.36. The number of primary amides is 1. The zero-order chi connectivity index (χ0) is 29.0. The van der Waals surface area contributed by atoms with Crippen molar-refractivity contribution >= 4 is 17.7 Å². The molecular weight excluding hydrogens is 516 g/mol. The molecule has 41 heavy (non-hydrogen) atoms. The summed E-state index contributed by atoms with van der Waals surface area (Å²) in [6, 6.07) is 24.4. The van der Waals surface area contributed by atoms with Crippen molar-refractivity contribution in [1.29, 1.82) is 0 Å². The number of hydrogen-bond donors (Lipinski definition) is 3. The Morgan fingerprint density at radius 2 is 1.56 bits per heavy atom. The molecule has 4 N–H and O–H groups in total. The standard InChI is InChI=1S/C33H40N4O4/c1-24(38)36-17-16-27-7-3-5-9-29(27)21-28-8-4-2-6-26(28)12-15-33(40)37-19-18-35-22-30(37)20-25-10-13-31(14-11-25)41-23-32(34)39/h2-11,13-14,30,35H,12,15-23H2,1H3,(H2,34,39)(H,36,38). The Morgan fingerprint density at radius 3 is 2.20 bits per heavy atom. The number of ether oxygens (including phenoxy) is 1. The Hall–Kier alpha value is -4.17. The molecule has 8 heteroatoms. The van der Waals surface area contributed by atoms with E-state index in [2.05, 4.69) is 47.0 Å². The number of hydrogen-bond acceptors (Lipinski definition) is 5. The molecule has 1 fully saturated rings. The predicted octanol–water partition coefficient (Wildman–Crippen LogP) is 2.80.